The number of rotatable bonds is 16. The second-order valence-corrected chi connectivity index (χ2v) is 10.7. The average molecular weight is 503 g/mol. The third-order valence-corrected chi connectivity index (χ3v) is 5.52. The van der Waals surface area contributed by atoms with Crippen LogP contribution in [0.4, 0.5) is 0 Å². The van der Waals surface area contributed by atoms with Crippen LogP contribution in [0.3, 0.4) is 0 Å². The molecule has 0 fully saturated rings. The number of hydrogen-bond donors (Lipinski definition) is 0. The number of hydrogen-bond acceptors (Lipinski definition) is 9. The monoisotopic (exact) mass is 502 g/mol. The Morgan fingerprint density at radius 3 is 1.67 bits per heavy atom. The molecule has 184 valence electrons. The van der Waals surface area contributed by atoms with E-state index in [0.29, 0.717) is 0 Å². The van der Waals surface area contributed by atoms with Gasteiger partial charge < -0.3 is 14.2 Å². The van der Waals surface area contributed by atoms with Gasteiger partial charge in [-0.2, -0.15) is 16.8 Å². The van der Waals surface area contributed by atoms with Gasteiger partial charge in [0.05, 0.1) is 51.6 Å². The van der Waals surface area contributed by atoms with Crippen LogP contribution in [0, 0.1) is 5.92 Å². The van der Waals surface area contributed by atoms with Crippen molar-refractivity contribution in [3.8, 4) is 0 Å². The smallest absolute Gasteiger partial charge is 0.264 e. The highest BCUT2D eigenvalue weighted by molar-refractivity contribution is 7.86. The molecule has 33 heavy (non-hydrogen) atoms. The first-order chi connectivity index (χ1) is 15.6. The molecule has 0 radical (unpaired) electrons. The summed E-state index contributed by atoms with van der Waals surface area (Å²) in [6.07, 6.45) is 0.984. The van der Waals surface area contributed by atoms with Gasteiger partial charge in [-0.05, 0) is 11.1 Å². The van der Waals surface area contributed by atoms with E-state index in [1.54, 1.807) is 0 Å². The van der Waals surface area contributed by atoms with Crippen molar-refractivity contribution in [3.05, 3.63) is 71.8 Å². The standard InChI is InChI=1S/C22H30O9S2/c1-32(23,24)30-16-21(15-27-13-19-9-5-3-6-10-19)22(17-31-33(2,25)26)29-18-28-14-20-11-7-4-8-12-20/h3-12,21-22H,13-18H2,1-2H3/t21-,22+/m0/s1. The van der Waals surface area contributed by atoms with Gasteiger partial charge in [-0.25, -0.2) is 0 Å². The van der Waals surface area contributed by atoms with Crippen molar-refractivity contribution in [1.29, 1.82) is 0 Å². The van der Waals surface area contributed by atoms with Gasteiger partial charge in [0, 0.05) is 5.92 Å². The van der Waals surface area contributed by atoms with Crippen molar-refractivity contribution in [1.82, 2.24) is 0 Å². The lowest BCUT2D eigenvalue weighted by Crippen LogP contribution is -2.37. The molecule has 0 N–H and O–H groups in total. The van der Waals surface area contributed by atoms with Crippen LogP contribution in [0.25, 0.3) is 0 Å². The average Bonchev–Trinajstić information content (AvgIpc) is 2.76. The van der Waals surface area contributed by atoms with E-state index in [1.165, 1.54) is 0 Å². The minimum atomic E-state index is -3.75. The quantitative estimate of drug-likeness (QED) is 0.194. The molecule has 0 aliphatic heterocycles. The molecule has 0 saturated heterocycles. The summed E-state index contributed by atoms with van der Waals surface area (Å²) in [5, 5.41) is 0. The van der Waals surface area contributed by atoms with E-state index in [9.17, 15) is 16.8 Å². The Balaban J connectivity index is 2.01. The van der Waals surface area contributed by atoms with Gasteiger partial charge in [-0.15, -0.1) is 0 Å². The Morgan fingerprint density at radius 2 is 1.15 bits per heavy atom. The largest absolute Gasteiger partial charge is 0.376 e. The fourth-order valence-electron chi connectivity index (χ4n) is 2.76. The lowest BCUT2D eigenvalue weighted by molar-refractivity contribution is -0.135. The first kappa shape index (κ1) is 27.4. The molecule has 0 aliphatic rings. The lowest BCUT2D eigenvalue weighted by Gasteiger charge is -2.26. The van der Waals surface area contributed by atoms with Crippen LogP contribution in [0.15, 0.2) is 60.7 Å². The summed E-state index contributed by atoms with van der Waals surface area (Å²) in [4.78, 5) is 0. The second kappa shape index (κ2) is 13.8. The van der Waals surface area contributed by atoms with Gasteiger partial charge in [-0.1, -0.05) is 60.7 Å². The van der Waals surface area contributed by atoms with Gasteiger partial charge in [0.1, 0.15) is 6.79 Å². The van der Waals surface area contributed by atoms with Crippen LogP contribution in [-0.4, -0.2) is 62.1 Å². The minimum Gasteiger partial charge on any atom is -0.376 e. The van der Waals surface area contributed by atoms with Crippen LogP contribution < -0.4 is 0 Å². The van der Waals surface area contributed by atoms with E-state index >= 15 is 0 Å². The van der Waals surface area contributed by atoms with Crippen molar-refractivity contribution in [2.45, 2.75) is 19.3 Å². The van der Waals surface area contributed by atoms with Crippen LogP contribution in [-0.2, 0) is 56.0 Å². The van der Waals surface area contributed by atoms with Gasteiger partial charge >= 0.3 is 0 Å². The highest BCUT2D eigenvalue weighted by Crippen LogP contribution is 2.15. The minimum absolute atomic E-state index is 0.0425. The molecule has 0 aromatic heterocycles. The second-order valence-electron chi connectivity index (χ2n) is 7.40. The Bertz CT molecular complexity index is 1010. The van der Waals surface area contributed by atoms with Gasteiger partial charge in [-0.3, -0.25) is 8.37 Å². The van der Waals surface area contributed by atoms with Crippen LogP contribution in [0.5, 0.6) is 0 Å². The summed E-state index contributed by atoms with van der Waals surface area (Å²) in [6, 6.07) is 18.8. The zero-order chi connectivity index (χ0) is 24.2. The molecular formula is C22H30O9S2. The first-order valence-corrected chi connectivity index (χ1v) is 13.8. The molecule has 9 nitrogen and oxygen atoms in total. The fourth-order valence-corrected chi connectivity index (χ4v) is 3.56. The zero-order valence-electron chi connectivity index (χ0n) is 18.7. The van der Waals surface area contributed by atoms with E-state index in [0.717, 1.165) is 23.6 Å². The third kappa shape index (κ3) is 12.8. The molecule has 0 aliphatic carbocycles. The first-order valence-electron chi connectivity index (χ1n) is 10.2. The Labute approximate surface area is 195 Å². The summed E-state index contributed by atoms with van der Waals surface area (Å²) < 4.78 is 73.0. The van der Waals surface area contributed by atoms with E-state index in [2.05, 4.69) is 0 Å². The zero-order valence-corrected chi connectivity index (χ0v) is 20.3. The molecule has 0 amide bonds. The Kier molecular flexibility index (Phi) is 11.4. The summed E-state index contributed by atoms with van der Waals surface area (Å²) in [5.41, 5.74) is 1.87. The van der Waals surface area contributed by atoms with Crippen molar-refractivity contribution in [2.75, 3.05) is 39.1 Å². The number of ether oxygens (including phenoxy) is 3. The maximum absolute atomic E-state index is 11.5. The molecule has 2 aromatic carbocycles. The van der Waals surface area contributed by atoms with Crippen LogP contribution in [0.2, 0.25) is 0 Å². The van der Waals surface area contributed by atoms with E-state index in [-0.39, 0.29) is 39.8 Å². The molecule has 0 heterocycles. The third-order valence-electron chi connectivity index (χ3n) is 4.39. The highest BCUT2D eigenvalue weighted by atomic mass is 32.2. The van der Waals surface area contributed by atoms with Crippen molar-refractivity contribution >= 4 is 20.2 Å². The van der Waals surface area contributed by atoms with E-state index < -0.39 is 32.3 Å². The number of benzene rings is 2. The topological polar surface area (TPSA) is 114 Å². The summed E-state index contributed by atoms with van der Waals surface area (Å²) >= 11 is 0. The Morgan fingerprint density at radius 1 is 0.667 bits per heavy atom. The van der Waals surface area contributed by atoms with Crippen LogP contribution in [0.1, 0.15) is 11.1 Å². The van der Waals surface area contributed by atoms with Crippen molar-refractivity contribution in [3.63, 3.8) is 0 Å². The van der Waals surface area contributed by atoms with Crippen molar-refractivity contribution < 1.29 is 39.4 Å². The summed E-state index contributed by atoms with van der Waals surface area (Å²) in [6.45, 7) is -0.179. The normalized spacial score (nSPS) is 14.1. The molecule has 0 unspecified atom stereocenters. The maximum Gasteiger partial charge on any atom is 0.264 e. The molecule has 0 saturated carbocycles. The molecule has 2 atom stereocenters. The predicted octanol–water partition coefficient (Wildman–Crippen LogP) is 2.33. The molecule has 0 bridgehead atoms. The van der Waals surface area contributed by atoms with E-state index in [4.69, 9.17) is 22.6 Å². The summed E-state index contributed by atoms with van der Waals surface area (Å²) in [7, 11) is -7.49. The molecular weight excluding hydrogens is 472 g/mol. The van der Waals surface area contributed by atoms with Crippen molar-refractivity contribution in [2.24, 2.45) is 5.92 Å². The maximum atomic E-state index is 11.5. The lowest BCUT2D eigenvalue weighted by atomic mass is 10.1. The van der Waals surface area contributed by atoms with Crippen LogP contribution >= 0.6 is 0 Å². The van der Waals surface area contributed by atoms with Gasteiger partial charge in [0.15, 0.2) is 0 Å². The molecule has 2 rings (SSSR count). The molecule has 11 heteroatoms. The van der Waals surface area contributed by atoms with Gasteiger partial charge in [0.25, 0.3) is 20.2 Å². The van der Waals surface area contributed by atoms with E-state index in [1.807, 2.05) is 60.7 Å². The fraction of sp³-hybridized carbons (Fsp3) is 0.455. The predicted molar refractivity (Wildman–Crippen MR) is 122 cm³/mol. The molecule has 2 aromatic rings. The summed E-state index contributed by atoms with van der Waals surface area (Å²) in [5.74, 6) is -0.648. The van der Waals surface area contributed by atoms with Gasteiger partial charge in [0.2, 0.25) is 0 Å². The molecule has 0 spiro atoms. The SMILES string of the molecule is CS(=O)(=O)OC[C@H](COCc1ccccc1)[C@@H](COS(C)(=O)=O)OCOCc1ccccc1. The highest BCUT2D eigenvalue weighted by Gasteiger charge is 2.27. The Hall–Kier alpha value is -1.86.